The molecular weight excluding hydrogens is 252 g/mol. The second-order valence-electron chi connectivity index (χ2n) is 5.04. The number of nitrogens with two attached hydrogens (primary N) is 1. The fourth-order valence-electron chi connectivity index (χ4n) is 2.26. The zero-order chi connectivity index (χ0) is 14.4. The van der Waals surface area contributed by atoms with Crippen molar-refractivity contribution in [3.05, 3.63) is 23.7 Å². The molecule has 2 rings (SSSR count). The van der Waals surface area contributed by atoms with Gasteiger partial charge >= 0.3 is 0 Å². The zero-order valence-electron chi connectivity index (χ0n) is 12.4. The lowest BCUT2D eigenvalue weighted by Gasteiger charge is -2.08. The average Bonchev–Trinajstić information content (AvgIpc) is 2.78. The molecule has 5 nitrogen and oxygen atoms in total. The largest absolute Gasteiger partial charge is 0.378 e. The van der Waals surface area contributed by atoms with Crippen molar-refractivity contribution in [3.63, 3.8) is 0 Å². The van der Waals surface area contributed by atoms with Gasteiger partial charge in [0.1, 0.15) is 11.3 Å². The van der Waals surface area contributed by atoms with Gasteiger partial charge in [0.25, 0.3) is 0 Å². The highest BCUT2D eigenvalue weighted by Crippen LogP contribution is 2.17. The molecule has 20 heavy (non-hydrogen) atoms. The number of fused-ring (bicyclic) bond motifs is 1. The van der Waals surface area contributed by atoms with Crippen LogP contribution in [0.5, 0.6) is 0 Å². The summed E-state index contributed by atoms with van der Waals surface area (Å²) in [5.41, 5.74) is 8.51. The molecule has 0 unspecified atom stereocenters. The zero-order valence-corrected chi connectivity index (χ0v) is 12.4. The summed E-state index contributed by atoms with van der Waals surface area (Å²) in [7, 11) is 0. The van der Waals surface area contributed by atoms with E-state index < -0.39 is 0 Å². The molecule has 0 saturated heterocycles. The van der Waals surface area contributed by atoms with E-state index in [9.17, 15) is 0 Å². The SMILES string of the molecule is CCCCc1nc2cc(C)cnc2n1CCOCCN. The van der Waals surface area contributed by atoms with E-state index in [1.165, 1.54) is 6.42 Å². The maximum atomic E-state index is 5.49. The van der Waals surface area contributed by atoms with Crippen molar-refractivity contribution in [2.45, 2.75) is 39.7 Å². The third-order valence-corrected chi connectivity index (χ3v) is 3.28. The van der Waals surface area contributed by atoms with Gasteiger partial charge in [-0.25, -0.2) is 9.97 Å². The van der Waals surface area contributed by atoms with Gasteiger partial charge in [0.05, 0.1) is 13.2 Å². The van der Waals surface area contributed by atoms with Crippen molar-refractivity contribution >= 4 is 11.2 Å². The Balaban J connectivity index is 2.22. The van der Waals surface area contributed by atoms with E-state index in [1.54, 1.807) is 0 Å². The van der Waals surface area contributed by atoms with E-state index in [2.05, 4.69) is 22.5 Å². The van der Waals surface area contributed by atoms with Gasteiger partial charge in [-0.1, -0.05) is 13.3 Å². The fraction of sp³-hybridized carbons (Fsp3) is 0.600. The monoisotopic (exact) mass is 276 g/mol. The quantitative estimate of drug-likeness (QED) is 0.749. The van der Waals surface area contributed by atoms with E-state index in [0.29, 0.717) is 19.8 Å². The molecule has 0 spiro atoms. The lowest BCUT2D eigenvalue weighted by Crippen LogP contribution is -2.14. The first kappa shape index (κ1) is 14.9. The van der Waals surface area contributed by atoms with Crippen molar-refractivity contribution in [2.24, 2.45) is 5.73 Å². The number of nitrogens with zero attached hydrogens (tertiary/aromatic N) is 3. The second kappa shape index (κ2) is 7.36. The molecule has 0 radical (unpaired) electrons. The standard InChI is InChI=1S/C15H24N4O/c1-3-4-5-14-18-13-10-12(2)11-17-15(13)19(14)7-9-20-8-6-16/h10-11H,3-9,16H2,1-2H3. The highest BCUT2D eigenvalue weighted by Gasteiger charge is 2.11. The Bertz CT molecular complexity index is 550. The molecule has 0 atom stereocenters. The van der Waals surface area contributed by atoms with E-state index in [-0.39, 0.29) is 0 Å². The van der Waals surface area contributed by atoms with Crippen LogP contribution < -0.4 is 5.73 Å². The Hall–Kier alpha value is -1.46. The number of pyridine rings is 1. The predicted octanol–water partition coefficient (Wildman–Crippen LogP) is 2.06. The summed E-state index contributed by atoms with van der Waals surface area (Å²) in [4.78, 5) is 9.26. The van der Waals surface area contributed by atoms with Crippen LogP contribution in [0.25, 0.3) is 11.2 Å². The molecular formula is C15H24N4O. The summed E-state index contributed by atoms with van der Waals surface area (Å²) < 4.78 is 7.67. The van der Waals surface area contributed by atoms with Gasteiger partial charge in [0.2, 0.25) is 0 Å². The number of aryl methyl sites for hydroxylation is 2. The van der Waals surface area contributed by atoms with Crippen LogP contribution in [0.4, 0.5) is 0 Å². The topological polar surface area (TPSA) is 66.0 Å². The van der Waals surface area contributed by atoms with Gasteiger partial charge in [-0.2, -0.15) is 0 Å². The third-order valence-electron chi connectivity index (χ3n) is 3.28. The molecule has 0 amide bonds. The Morgan fingerprint density at radius 1 is 1.35 bits per heavy atom. The van der Waals surface area contributed by atoms with Crippen molar-refractivity contribution in [1.82, 2.24) is 14.5 Å². The molecule has 0 aliphatic rings. The van der Waals surface area contributed by atoms with Crippen LogP contribution in [-0.4, -0.2) is 34.3 Å². The molecule has 2 N–H and O–H groups in total. The number of aromatic nitrogens is 3. The maximum absolute atomic E-state index is 5.49. The van der Waals surface area contributed by atoms with E-state index in [1.807, 2.05) is 13.1 Å². The first-order valence-corrected chi connectivity index (χ1v) is 7.35. The third kappa shape index (κ3) is 3.55. The summed E-state index contributed by atoms with van der Waals surface area (Å²) >= 11 is 0. The van der Waals surface area contributed by atoms with Crippen molar-refractivity contribution in [1.29, 1.82) is 0 Å². The van der Waals surface area contributed by atoms with Crippen LogP contribution in [0.15, 0.2) is 12.3 Å². The number of hydrogen-bond acceptors (Lipinski definition) is 4. The minimum absolute atomic E-state index is 0.560. The molecule has 0 aliphatic heterocycles. The molecule has 0 bridgehead atoms. The smallest absolute Gasteiger partial charge is 0.160 e. The van der Waals surface area contributed by atoms with Crippen LogP contribution in [0.2, 0.25) is 0 Å². The molecule has 110 valence electrons. The van der Waals surface area contributed by atoms with Crippen LogP contribution in [-0.2, 0) is 17.7 Å². The maximum Gasteiger partial charge on any atom is 0.160 e. The highest BCUT2D eigenvalue weighted by atomic mass is 16.5. The van der Waals surface area contributed by atoms with Gasteiger partial charge < -0.3 is 15.0 Å². The van der Waals surface area contributed by atoms with Crippen molar-refractivity contribution in [2.75, 3.05) is 19.8 Å². The molecule has 0 aliphatic carbocycles. The average molecular weight is 276 g/mol. The number of hydrogen-bond donors (Lipinski definition) is 1. The van der Waals surface area contributed by atoms with Crippen molar-refractivity contribution in [3.8, 4) is 0 Å². The first-order chi connectivity index (χ1) is 9.76. The van der Waals surface area contributed by atoms with Crippen LogP contribution in [0.3, 0.4) is 0 Å². The number of unbranched alkanes of at least 4 members (excludes halogenated alkanes) is 1. The lowest BCUT2D eigenvalue weighted by atomic mass is 10.2. The summed E-state index contributed by atoms with van der Waals surface area (Å²) in [6, 6.07) is 2.09. The Kier molecular flexibility index (Phi) is 5.49. The molecule has 2 aromatic rings. The minimum atomic E-state index is 0.560. The Morgan fingerprint density at radius 3 is 2.95 bits per heavy atom. The second-order valence-corrected chi connectivity index (χ2v) is 5.04. The van der Waals surface area contributed by atoms with Crippen molar-refractivity contribution < 1.29 is 4.74 Å². The summed E-state index contributed by atoms with van der Waals surface area (Å²) in [6.07, 6.45) is 5.19. The summed E-state index contributed by atoms with van der Waals surface area (Å²) in [5, 5.41) is 0. The van der Waals surface area contributed by atoms with Crippen LogP contribution in [0.1, 0.15) is 31.2 Å². The first-order valence-electron chi connectivity index (χ1n) is 7.35. The minimum Gasteiger partial charge on any atom is -0.378 e. The summed E-state index contributed by atoms with van der Waals surface area (Å²) in [5.74, 6) is 1.11. The molecule has 2 aromatic heterocycles. The van der Waals surface area contributed by atoms with Gasteiger partial charge in [-0.15, -0.1) is 0 Å². The highest BCUT2D eigenvalue weighted by molar-refractivity contribution is 5.72. The van der Waals surface area contributed by atoms with Gasteiger partial charge in [-0.05, 0) is 25.0 Å². The van der Waals surface area contributed by atoms with Gasteiger partial charge in [-0.3, -0.25) is 0 Å². The molecule has 0 saturated carbocycles. The van der Waals surface area contributed by atoms with E-state index >= 15 is 0 Å². The van der Waals surface area contributed by atoms with Gasteiger partial charge in [0.15, 0.2) is 5.65 Å². The van der Waals surface area contributed by atoms with E-state index in [4.69, 9.17) is 15.5 Å². The predicted molar refractivity (Wildman–Crippen MR) is 80.8 cm³/mol. The molecule has 0 aromatic carbocycles. The Labute approximate surface area is 120 Å². The fourth-order valence-corrected chi connectivity index (χ4v) is 2.26. The number of ether oxygens (including phenoxy) is 1. The van der Waals surface area contributed by atoms with Gasteiger partial charge in [0, 0.05) is 25.7 Å². The molecule has 5 heteroatoms. The normalized spacial score (nSPS) is 11.3. The molecule has 0 fully saturated rings. The lowest BCUT2D eigenvalue weighted by molar-refractivity contribution is 0.133. The van der Waals surface area contributed by atoms with E-state index in [0.717, 1.165) is 41.9 Å². The number of rotatable bonds is 8. The number of imidazole rings is 1. The van der Waals surface area contributed by atoms with Crippen LogP contribution in [0, 0.1) is 6.92 Å². The van der Waals surface area contributed by atoms with Crippen LogP contribution >= 0.6 is 0 Å². The Morgan fingerprint density at radius 2 is 2.20 bits per heavy atom. The molecule has 2 heterocycles. The summed E-state index contributed by atoms with van der Waals surface area (Å²) in [6.45, 7) is 6.83.